The molecule has 0 fully saturated rings. The maximum Gasteiger partial charge on any atom is 0.573 e. The molecular weight excluding hydrogens is 365 g/mol. The average molecular weight is 375 g/mol. The molecule has 6 nitrogen and oxygen atoms in total. The van der Waals surface area contributed by atoms with E-state index in [0.29, 0.717) is 5.56 Å². The van der Waals surface area contributed by atoms with E-state index < -0.39 is 22.9 Å². The Balaban J connectivity index is 2.01. The Labute approximate surface area is 144 Å². The Hall–Kier alpha value is -2.81. The fourth-order valence-electron chi connectivity index (χ4n) is 1.93. The second-order valence-electron chi connectivity index (χ2n) is 4.84. The highest BCUT2D eigenvalue weighted by atomic mass is 35.5. The normalized spacial score (nSPS) is 11.0. The van der Waals surface area contributed by atoms with Crippen LogP contribution in [0.1, 0.15) is 5.56 Å². The average Bonchev–Trinajstić information content (AvgIpc) is 2.49. The van der Waals surface area contributed by atoms with Gasteiger partial charge in [-0.3, -0.25) is 14.9 Å². The van der Waals surface area contributed by atoms with Gasteiger partial charge in [0.15, 0.2) is 0 Å². The summed E-state index contributed by atoms with van der Waals surface area (Å²) in [4.78, 5) is 22.1. The molecule has 1 N–H and O–H groups in total. The molecule has 0 atom stereocenters. The third kappa shape index (κ3) is 5.64. The number of nitro benzene ring substituents is 1. The standard InChI is InChI=1S/C15H10ClF3N2O4/c16-12-6-3-10(8-13(12)21(23)24)20-14(22)7-9-1-4-11(5-2-9)25-15(17,18)19/h1-6,8H,7H2,(H,20,22). The molecule has 2 rings (SSSR count). The highest BCUT2D eigenvalue weighted by Crippen LogP contribution is 2.27. The van der Waals surface area contributed by atoms with Gasteiger partial charge in [-0.1, -0.05) is 23.7 Å². The Morgan fingerprint density at radius 2 is 1.84 bits per heavy atom. The minimum atomic E-state index is -4.79. The summed E-state index contributed by atoms with van der Waals surface area (Å²) in [6.45, 7) is 0. The van der Waals surface area contributed by atoms with Crippen LogP contribution in [0.5, 0.6) is 5.75 Å². The number of nitrogens with zero attached hydrogens (tertiary/aromatic N) is 1. The van der Waals surface area contributed by atoms with Crippen LogP contribution in [0.15, 0.2) is 42.5 Å². The number of nitro groups is 1. The van der Waals surface area contributed by atoms with Crippen molar-refractivity contribution in [1.82, 2.24) is 0 Å². The molecule has 1 amide bonds. The number of alkyl halides is 3. The Morgan fingerprint density at radius 1 is 1.20 bits per heavy atom. The molecule has 0 aromatic heterocycles. The van der Waals surface area contributed by atoms with E-state index in [1.54, 1.807) is 0 Å². The first-order chi connectivity index (χ1) is 11.6. The summed E-state index contributed by atoms with van der Waals surface area (Å²) in [6, 6.07) is 8.58. The van der Waals surface area contributed by atoms with Gasteiger partial charge in [-0.15, -0.1) is 13.2 Å². The minimum absolute atomic E-state index is 0.0664. The number of hydrogen-bond acceptors (Lipinski definition) is 4. The molecule has 2 aromatic rings. The van der Waals surface area contributed by atoms with E-state index in [1.165, 1.54) is 24.3 Å². The largest absolute Gasteiger partial charge is 0.573 e. The van der Waals surface area contributed by atoms with E-state index in [9.17, 15) is 28.1 Å². The van der Waals surface area contributed by atoms with Gasteiger partial charge in [-0.2, -0.15) is 0 Å². The van der Waals surface area contributed by atoms with Crippen LogP contribution in [-0.4, -0.2) is 17.2 Å². The minimum Gasteiger partial charge on any atom is -0.406 e. The molecule has 0 aliphatic rings. The van der Waals surface area contributed by atoms with Crippen LogP contribution in [0.25, 0.3) is 0 Å². The molecule has 0 unspecified atom stereocenters. The fourth-order valence-corrected chi connectivity index (χ4v) is 2.12. The number of rotatable bonds is 5. The van der Waals surface area contributed by atoms with Crippen molar-refractivity contribution in [2.75, 3.05) is 5.32 Å². The number of amides is 1. The van der Waals surface area contributed by atoms with Gasteiger partial charge in [0.2, 0.25) is 5.91 Å². The van der Waals surface area contributed by atoms with Crippen molar-refractivity contribution in [2.24, 2.45) is 0 Å². The SMILES string of the molecule is O=C(Cc1ccc(OC(F)(F)F)cc1)Nc1ccc(Cl)c([N+](=O)[O-])c1. The zero-order chi connectivity index (χ0) is 18.6. The number of benzene rings is 2. The van der Waals surface area contributed by atoms with Gasteiger partial charge in [-0.05, 0) is 29.8 Å². The first kappa shape index (κ1) is 18.5. The van der Waals surface area contributed by atoms with Crippen molar-refractivity contribution in [3.05, 3.63) is 63.2 Å². The van der Waals surface area contributed by atoms with Crippen molar-refractivity contribution in [2.45, 2.75) is 12.8 Å². The number of carbonyl (C=O) groups is 1. The Kier molecular flexibility index (Phi) is 5.48. The van der Waals surface area contributed by atoms with E-state index in [2.05, 4.69) is 10.1 Å². The lowest BCUT2D eigenvalue weighted by molar-refractivity contribution is -0.384. The van der Waals surface area contributed by atoms with Crippen molar-refractivity contribution in [3.63, 3.8) is 0 Å². The van der Waals surface area contributed by atoms with Crippen LogP contribution in [0.2, 0.25) is 5.02 Å². The first-order valence-corrected chi connectivity index (χ1v) is 7.10. The lowest BCUT2D eigenvalue weighted by Gasteiger charge is -2.09. The number of carbonyl (C=O) groups excluding carboxylic acids is 1. The van der Waals surface area contributed by atoms with Crippen LogP contribution in [-0.2, 0) is 11.2 Å². The quantitative estimate of drug-likeness (QED) is 0.624. The van der Waals surface area contributed by atoms with E-state index in [-0.39, 0.29) is 22.8 Å². The second kappa shape index (κ2) is 7.39. The van der Waals surface area contributed by atoms with E-state index in [1.807, 2.05) is 0 Å². The molecule has 132 valence electrons. The third-order valence-corrected chi connectivity index (χ3v) is 3.27. The van der Waals surface area contributed by atoms with E-state index >= 15 is 0 Å². The number of anilines is 1. The molecule has 0 aliphatic carbocycles. The molecule has 0 heterocycles. The van der Waals surface area contributed by atoms with Crippen LogP contribution in [0, 0.1) is 10.1 Å². The number of halogens is 4. The van der Waals surface area contributed by atoms with Gasteiger partial charge < -0.3 is 10.1 Å². The summed E-state index contributed by atoms with van der Waals surface area (Å²) in [5, 5.41) is 13.2. The molecule has 25 heavy (non-hydrogen) atoms. The van der Waals surface area contributed by atoms with Crippen LogP contribution < -0.4 is 10.1 Å². The van der Waals surface area contributed by atoms with Gasteiger partial charge in [0.25, 0.3) is 5.69 Å². The third-order valence-electron chi connectivity index (χ3n) is 2.95. The van der Waals surface area contributed by atoms with Crippen LogP contribution in [0.4, 0.5) is 24.5 Å². The summed E-state index contributed by atoms with van der Waals surface area (Å²) in [5.41, 5.74) is 0.265. The molecule has 0 saturated heterocycles. The van der Waals surface area contributed by atoms with Crippen molar-refractivity contribution in [1.29, 1.82) is 0 Å². The summed E-state index contributed by atoms with van der Waals surface area (Å²) in [7, 11) is 0. The van der Waals surface area contributed by atoms with Gasteiger partial charge in [0.05, 0.1) is 11.3 Å². The van der Waals surface area contributed by atoms with Crippen molar-refractivity contribution < 1.29 is 27.6 Å². The molecular formula is C15H10ClF3N2O4. The lowest BCUT2D eigenvalue weighted by atomic mass is 10.1. The van der Waals surface area contributed by atoms with Crippen molar-refractivity contribution in [3.8, 4) is 5.75 Å². The molecule has 0 aliphatic heterocycles. The monoisotopic (exact) mass is 374 g/mol. The molecule has 0 saturated carbocycles. The first-order valence-electron chi connectivity index (χ1n) is 6.72. The van der Waals surface area contributed by atoms with E-state index in [4.69, 9.17) is 11.6 Å². The predicted octanol–water partition coefficient (Wildman–Crippen LogP) is 4.33. The number of hydrogen-bond donors (Lipinski definition) is 1. The summed E-state index contributed by atoms with van der Waals surface area (Å²) in [6.07, 6.45) is -4.93. The van der Waals surface area contributed by atoms with Gasteiger partial charge in [0.1, 0.15) is 10.8 Å². The van der Waals surface area contributed by atoms with Crippen molar-refractivity contribution >= 4 is 28.9 Å². The molecule has 0 radical (unpaired) electrons. The fraction of sp³-hybridized carbons (Fsp3) is 0.133. The zero-order valence-electron chi connectivity index (χ0n) is 12.3. The van der Waals surface area contributed by atoms with Crippen LogP contribution in [0.3, 0.4) is 0 Å². The highest BCUT2D eigenvalue weighted by molar-refractivity contribution is 6.32. The van der Waals surface area contributed by atoms with Crippen LogP contribution >= 0.6 is 11.6 Å². The lowest BCUT2D eigenvalue weighted by Crippen LogP contribution is -2.17. The van der Waals surface area contributed by atoms with Gasteiger partial charge in [-0.25, -0.2) is 0 Å². The molecule has 0 spiro atoms. The van der Waals surface area contributed by atoms with Gasteiger partial charge >= 0.3 is 6.36 Å². The smallest absolute Gasteiger partial charge is 0.406 e. The zero-order valence-corrected chi connectivity index (χ0v) is 13.1. The topological polar surface area (TPSA) is 81.5 Å². The maximum absolute atomic E-state index is 12.1. The molecule has 2 aromatic carbocycles. The number of ether oxygens (including phenoxy) is 1. The Bertz CT molecular complexity index is 794. The maximum atomic E-state index is 12.1. The summed E-state index contributed by atoms with van der Waals surface area (Å²) < 4.78 is 39.9. The summed E-state index contributed by atoms with van der Waals surface area (Å²) in [5.74, 6) is -0.897. The number of nitrogens with one attached hydrogen (secondary N) is 1. The van der Waals surface area contributed by atoms with Gasteiger partial charge in [0, 0.05) is 11.8 Å². The molecule has 0 bridgehead atoms. The summed E-state index contributed by atoms with van der Waals surface area (Å²) >= 11 is 5.67. The van der Waals surface area contributed by atoms with E-state index in [0.717, 1.165) is 18.2 Å². The predicted molar refractivity (Wildman–Crippen MR) is 83.6 cm³/mol. The highest BCUT2D eigenvalue weighted by Gasteiger charge is 2.30. The molecule has 10 heteroatoms. The Morgan fingerprint density at radius 3 is 2.40 bits per heavy atom. The second-order valence-corrected chi connectivity index (χ2v) is 5.25.